The highest BCUT2D eigenvalue weighted by molar-refractivity contribution is 5.10. The van der Waals surface area contributed by atoms with Crippen LogP contribution < -0.4 is 0 Å². The van der Waals surface area contributed by atoms with E-state index in [4.69, 9.17) is 0 Å². The van der Waals surface area contributed by atoms with Gasteiger partial charge in [0.1, 0.15) is 0 Å². The van der Waals surface area contributed by atoms with Crippen LogP contribution in [0.4, 0.5) is 57.1 Å². The monoisotopic (exact) mass is 434 g/mol. The van der Waals surface area contributed by atoms with E-state index in [1.807, 2.05) is 0 Å². The molecule has 1 rings (SSSR count). The molecule has 0 aromatic carbocycles. The number of halogens is 13. The molecule has 0 atom stereocenters. The molecule has 1 aliphatic heterocycles. The third-order valence-electron chi connectivity index (χ3n) is 3.59. The highest BCUT2D eigenvalue weighted by atomic mass is 19.4. The molecule has 1 fully saturated rings. The van der Waals surface area contributed by atoms with Crippen LogP contribution in [0.5, 0.6) is 0 Å². The lowest BCUT2D eigenvalue weighted by molar-refractivity contribution is -0.440. The molecule has 0 aromatic rings. The zero-order chi connectivity index (χ0) is 21.5. The van der Waals surface area contributed by atoms with E-state index in [1.165, 1.54) is 0 Å². The van der Waals surface area contributed by atoms with Gasteiger partial charge in [-0.3, -0.25) is 0 Å². The number of hydrogen-bond donors (Lipinski definition) is 0. The SMILES string of the molecule is FC(F)(F)C(F)(F)C(F)(F)C(F)(F)C(F)(F)C(F)(F)CCC1OCCCO1. The van der Waals surface area contributed by atoms with E-state index < -0.39 is 54.9 Å². The Hall–Kier alpha value is -0.990. The maximum atomic E-state index is 13.5. The molecule has 1 saturated heterocycles. The van der Waals surface area contributed by atoms with E-state index >= 15 is 0 Å². The molecule has 2 nitrogen and oxygen atoms in total. The average Bonchev–Trinajstić information content (AvgIpc) is 2.52. The number of rotatable bonds is 7. The summed E-state index contributed by atoms with van der Waals surface area (Å²) in [4.78, 5) is 0. The van der Waals surface area contributed by atoms with Crippen molar-refractivity contribution in [3.8, 4) is 0 Å². The van der Waals surface area contributed by atoms with Gasteiger partial charge in [-0.25, -0.2) is 0 Å². The van der Waals surface area contributed by atoms with Crippen molar-refractivity contribution in [2.24, 2.45) is 0 Å². The molecule has 1 aliphatic rings. The van der Waals surface area contributed by atoms with Gasteiger partial charge in [0.15, 0.2) is 6.29 Å². The van der Waals surface area contributed by atoms with Crippen molar-refractivity contribution in [2.75, 3.05) is 13.2 Å². The van der Waals surface area contributed by atoms with Crippen molar-refractivity contribution in [3.63, 3.8) is 0 Å². The molecule has 0 aliphatic carbocycles. The first-order chi connectivity index (χ1) is 11.8. The molecule has 0 radical (unpaired) electrons. The van der Waals surface area contributed by atoms with Gasteiger partial charge < -0.3 is 9.47 Å². The van der Waals surface area contributed by atoms with Crippen molar-refractivity contribution in [1.29, 1.82) is 0 Å². The Labute approximate surface area is 142 Å². The summed E-state index contributed by atoms with van der Waals surface area (Å²) in [6.45, 7) is -0.169. The van der Waals surface area contributed by atoms with Crippen LogP contribution in [-0.2, 0) is 9.47 Å². The Bertz CT molecular complexity index is 508. The molecule has 0 saturated carbocycles. The van der Waals surface area contributed by atoms with Crippen LogP contribution in [0, 0.1) is 0 Å². The van der Waals surface area contributed by atoms with Crippen molar-refractivity contribution < 1.29 is 66.5 Å². The van der Waals surface area contributed by atoms with Gasteiger partial charge in [-0.15, -0.1) is 0 Å². The Morgan fingerprint density at radius 1 is 0.593 bits per heavy atom. The first-order valence-electron chi connectivity index (χ1n) is 7.02. The van der Waals surface area contributed by atoms with E-state index in [0.29, 0.717) is 0 Å². The zero-order valence-electron chi connectivity index (χ0n) is 12.8. The third kappa shape index (κ3) is 3.93. The van der Waals surface area contributed by atoms with Crippen molar-refractivity contribution >= 4 is 0 Å². The lowest BCUT2D eigenvalue weighted by Gasteiger charge is -2.40. The molecule has 0 N–H and O–H groups in total. The molecule has 1 heterocycles. The quantitative estimate of drug-likeness (QED) is 0.509. The van der Waals surface area contributed by atoms with Crippen LogP contribution in [0.25, 0.3) is 0 Å². The maximum absolute atomic E-state index is 13.5. The van der Waals surface area contributed by atoms with Crippen molar-refractivity contribution in [3.05, 3.63) is 0 Å². The molecular weight excluding hydrogens is 423 g/mol. The Morgan fingerprint density at radius 2 is 1.00 bits per heavy atom. The summed E-state index contributed by atoms with van der Waals surface area (Å²) in [7, 11) is 0. The molecule has 162 valence electrons. The Kier molecular flexibility index (Phi) is 6.34. The second kappa shape index (κ2) is 7.12. The van der Waals surface area contributed by atoms with Crippen LogP contribution in [0.3, 0.4) is 0 Å². The second-order valence-corrected chi connectivity index (χ2v) is 5.56. The molecule has 27 heavy (non-hydrogen) atoms. The van der Waals surface area contributed by atoms with Gasteiger partial charge in [0.25, 0.3) is 0 Å². The summed E-state index contributed by atoms with van der Waals surface area (Å²) < 4.78 is 176. The Morgan fingerprint density at radius 3 is 1.41 bits per heavy atom. The van der Waals surface area contributed by atoms with Gasteiger partial charge >= 0.3 is 35.8 Å². The van der Waals surface area contributed by atoms with Crippen molar-refractivity contribution in [1.82, 2.24) is 0 Å². The van der Waals surface area contributed by atoms with E-state index in [-0.39, 0.29) is 19.6 Å². The lowest BCUT2D eigenvalue weighted by atomic mass is 9.92. The summed E-state index contributed by atoms with van der Waals surface area (Å²) in [6.07, 6.45) is -12.3. The van der Waals surface area contributed by atoms with Crippen LogP contribution in [0.1, 0.15) is 19.3 Å². The molecule has 15 heteroatoms. The van der Waals surface area contributed by atoms with Gasteiger partial charge in [0.05, 0.1) is 13.2 Å². The Balaban J connectivity index is 3.12. The third-order valence-corrected chi connectivity index (χ3v) is 3.59. The van der Waals surface area contributed by atoms with Crippen LogP contribution in [0.15, 0.2) is 0 Å². The van der Waals surface area contributed by atoms with E-state index in [9.17, 15) is 57.1 Å². The first kappa shape index (κ1) is 24.0. The van der Waals surface area contributed by atoms with E-state index in [1.54, 1.807) is 0 Å². The summed E-state index contributed by atoms with van der Waals surface area (Å²) in [6, 6.07) is 0. The first-order valence-corrected chi connectivity index (χ1v) is 7.02. The smallest absolute Gasteiger partial charge is 0.353 e. The molecule has 0 spiro atoms. The highest BCUT2D eigenvalue weighted by Crippen LogP contribution is 2.60. The summed E-state index contributed by atoms with van der Waals surface area (Å²) >= 11 is 0. The molecular formula is C12H11F13O2. The van der Waals surface area contributed by atoms with Gasteiger partial charge in [0.2, 0.25) is 0 Å². The summed E-state index contributed by atoms with van der Waals surface area (Å²) in [5.41, 5.74) is 0. The van der Waals surface area contributed by atoms with Crippen molar-refractivity contribution in [2.45, 2.75) is 61.3 Å². The molecule has 0 aromatic heterocycles. The maximum Gasteiger partial charge on any atom is 0.460 e. The average molecular weight is 434 g/mol. The minimum atomic E-state index is -7.87. The van der Waals surface area contributed by atoms with Gasteiger partial charge in [-0.1, -0.05) is 0 Å². The molecule has 0 unspecified atom stereocenters. The highest BCUT2D eigenvalue weighted by Gasteiger charge is 2.90. The minimum Gasteiger partial charge on any atom is -0.353 e. The van der Waals surface area contributed by atoms with Crippen LogP contribution in [0.2, 0.25) is 0 Å². The zero-order valence-corrected chi connectivity index (χ0v) is 12.8. The minimum absolute atomic E-state index is 0.0847. The molecule has 0 amide bonds. The summed E-state index contributed by atoms with van der Waals surface area (Å²) in [5, 5.41) is 0. The molecule has 0 bridgehead atoms. The van der Waals surface area contributed by atoms with Gasteiger partial charge in [-0.05, 0) is 6.42 Å². The largest absolute Gasteiger partial charge is 0.460 e. The lowest BCUT2D eigenvalue weighted by Crippen LogP contribution is -2.70. The summed E-state index contributed by atoms with van der Waals surface area (Å²) in [5.74, 6) is -36.7. The van der Waals surface area contributed by atoms with Gasteiger partial charge in [-0.2, -0.15) is 57.1 Å². The number of ether oxygens (including phenoxy) is 2. The normalized spacial score (nSPS) is 19.4. The number of alkyl halides is 13. The predicted molar refractivity (Wildman–Crippen MR) is 60.3 cm³/mol. The van der Waals surface area contributed by atoms with Gasteiger partial charge in [0, 0.05) is 12.8 Å². The predicted octanol–water partition coefficient (Wildman–Crippen LogP) is 5.27. The fourth-order valence-electron chi connectivity index (χ4n) is 1.96. The fourth-order valence-corrected chi connectivity index (χ4v) is 1.96. The van der Waals surface area contributed by atoms with Crippen LogP contribution in [-0.4, -0.2) is 55.3 Å². The fraction of sp³-hybridized carbons (Fsp3) is 1.00. The van der Waals surface area contributed by atoms with Crippen LogP contribution >= 0.6 is 0 Å². The van der Waals surface area contributed by atoms with E-state index in [2.05, 4.69) is 9.47 Å². The second-order valence-electron chi connectivity index (χ2n) is 5.56. The van der Waals surface area contributed by atoms with E-state index in [0.717, 1.165) is 0 Å². The number of hydrogen-bond acceptors (Lipinski definition) is 2. The standard InChI is InChI=1S/C12H11F13O2/c13-7(14,3-2-6-26-4-1-5-27-6)8(15,16)9(17,18)10(19,20)11(21,22)12(23,24)25/h6H,1-5H2. The topological polar surface area (TPSA) is 18.5 Å².